The van der Waals surface area contributed by atoms with Crippen LogP contribution in [-0.2, 0) is 11.3 Å². The minimum atomic E-state index is 0.0825. The van der Waals surface area contributed by atoms with Crippen molar-refractivity contribution in [2.45, 2.75) is 39.3 Å². The molecule has 27 heavy (non-hydrogen) atoms. The number of hydrogen-bond acceptors (Lipinski definition) is 6. The van der Waals surface area contributed by atoms with Gasteiger partial charge < -0.3 is 19.7 Å². The predicted molar refractivity (Wildman–Crippen MR) is 105 cm³/mol. The van der Waals surface area contributed by atoms with Gasteiger partial charge in [0, 0.05) is 42.5 Å². The number of likely N-dealkylation sites (tertiary alicyclic amines) is 1. The number of benzene rings is 1. The molecule has 2 aromatic rings. The quantitative estimate of drug-likeness (QED) is 0.853. The molecule has 6 nitrogen and oxygen atoms in total. The molecule has 1 aromatic heterocycles. The normalized spacial score (nSPS) is 16.9. The Bertz CT molecular complexity index is 813. The lowest BCUT2D eigenvalue weighted by Gasteiger charge is -2.33. The second kappa shape index (κ2) is 7.86. The van der Waals surface area contributed by atoms with Crippen LogP contribution in [0.5, 0.6) is 11.5 Å². The Hall–Kier alpha value is -2.12. The molecule has 144 valence electrons. The summed E-state index contributed by atoms with van der Waals surface area (Å²) < 4.78 is 10.8. The molecule has 0 saturated carbocycles. The summed E-state index contributed by atoms with van der Waals surface area (Å²) in [6.45, 7) is 6.65. The van der Waals surface area contributed by atoms with Crippen LogP contribution < -0.4 is 14.8 Å². The van der Waals surface area contributed by atoms with Gasteiger partial charge in [-0.25, -0.2) is 4.98 Å². The number of carbonyl (C=O) groups is 1. The Morgan fingerprint density at radius 1 is 1.30 bits per heavy atom. The third-order valence-electron chi connectivity index (χ3n) is 5.04. The molecule has 0 aliphatic carbocycles. The highest BCUT2D eigenvalue weighted by Crippen LogP contribution is 2.36. The summed E-state index contributed by atoms with van der Waals surface area (Å²) in [6, 6.07) is 6.38. The number of ether oxygens (including phenoxy) is 2. The number of hydrogen-bond donors (Lipinski definition) is 1. The van der Waals surface area contributed by atoms with Gasteiger partial charge in [-0.2, -0.15) is 0 Å². The van der Waals surface area contributed by atoms with Crippen molar-refractivity contribution < 1.29 is 14.3 Å². The van der Waals surface area contributed by atoms with E-state index in [1.807, 2.05) is 36.9 Å². The highest BCUT2D eigenvalue weighted by atomic mass is 32.1. The summed E-state index contributed by atoms with van der Waals surface area (Å²) >= 11 is 1.64. The zero-order valence-electron chi connectivity index (χ0n) is 15.7. The highest BCUT2D eigenvalue weighted by Gasteiger charge is 2.24. The Morgan fingerprint density at radius 3 is 2.85 bits per heavy atom. The number of rotatable bonds is 5. The average molecular weight is 388 g/mol. The molecule has 2 aliphatic heterocycles. The highest BCUT2D eigenvalue weighted by molar-refractivity contribution is 7.13. The number of thiazole rings is 1. The van der Waals surface area contributed by atoms with Crippen molar-refractivity contribution in [3.05, 3.63) is 29.3 Å². The van der Waals surface area contributed by atoms with Crippen LogP contribution in [0.15, 0.2) is 23.6 Å². The van der Waals surface area contributed by atoms with Crippen LogP contribution in [0.3, 0.4) is 0 Å². The maximum Gasteiger partial charge on any atom is 0.231 e. The van der Waals surface area contributed by atoms with Gasteiger partial charge in [-0.1, -0.05) is 13.8 Å². The monoisotopic (exact) mass is 387 g/mol. The number of carbonyl (C=O) groups excluding carboxylic acids is 1. The zero-order chi connectivity index (χ0) is 18.8. The van der Waals surface area contributed by atoms with E-state index in [1.54, 1.807) is 11.3 Å². The SMILES string of the molecule is CC(C)C(=O)N1CCC(NCc2csc(-c3ccc4c(c3)OCO4)n2)CC1. The van der Waals surface area contributed by atoms with Gasteiger partial charge in [0.25, 0.3) is 0 Å². The van der Waals surface area contributed by atoms with Crippen LogP contribution >= 0.6 is 11.3 Å². The molecule has 1 amide bonds. The molecule has 1 fully saturated rings. The molecule has 1 aromatic carbocycles. The Morgan fingerprint density at radius 2 is 2.07 bits per heavy atom. The molecule has 4 rings (SSSR count). The van der Waals surface area contributed by atoms with Crippen LogP contribution in [0.4, 0.5) is 0 Å². The molecule has 0 spiro atoms. The molecular formula is C20H25N3O3S. The molecular weight excluding hydrogens is 362 g/mol. The van der Waals surface area contributed by atoms with E-state index in [0.29, 0.717) is 6.04 Å². The lowest BCUT2D eigenvalue weighted by atomic mass is 10.0. The van der Waals surface area contributed by atoms with E-state index in [1.165, 1.54) is 0 Å². The van der Waals surface area contributed by atoms with Crippen molar-refractivity contribution in [1.29, 1.82) is 0 Å². The standard InChI is InChI=1S/C20H25N3O3S/c1-13(2)20(24)23-7-5-15(6-8-23)21-10-16-11-27-19(22-16)14-3-4-17-18(9-14)26-12-25-17/h3-4,9,11,13,15,21H,5-8,10,12H2,1-2H3. The molecule has 1 saturated heterocycles. The van der Waals surface area contributed by atoms with Gasteiger partial charge in [0.15, 0.2) is 11.5 Å². The van der Waals surface area contributed by atoms with Crippen LogP contribution in [-0.4, -0.2) is 41.7 Å². The van der Waals surface area contributed by atoms with Crippen molar-refractivity contribution in [2.75, 3.05) is 19.9 Å². The first-order valence-corrected chi connectivity index (χ1v) is 10.3. The number of nitrogens with one attached hydrogen (secondary N) is 1. The number of piperidine rings is 1. The summed E-state index contributed by atoms with van der Waals surface area (Å²) in [5.74, 6) is 1.92. The summed E-state index contributed by atoms with van der Waals surface area (Å²) in [5, 5.41) is 6.68. The van der Waals surface area contributed by atoms with Crippen LogP contribution in [0.1, 0.15) is 32.4 Å². The molecule has 0 unspecified atom stereocenters. The van der Waals surface area contributed by atoms with Crippen molar-refractivity contribution in [1.82, 2.24) is 15.2 Å². The minimum absolute atomic E-state index is 0.0825. The van der Waals surface area contributed by atoms with Gasteiger partial charge >= 0.3 is 0 Å². The lowest BCUT2D eigenvalue weighted by Crippen LogP contribution is -2.46. The maximum absolute atomic E-state index is 12.1. The number of fused-ring (bicyclic) bond motifs is 1. The van der Waals surface area contributed by atoms with E-state index in [2.05, 4.69) is 10.7 Å². The van der Waals surface area contributed by atoms with Gasteiger partial charge in [0.05, 0.1) is 5.69 Å². The van der Waals surface area contributed by atoms with E-state index in [-0.39, 0.29) is 18.6 Å². The summed E-state index contributed by atoms with van der Waals surface area (Å²) in [4.78, 5) is 18.8. The van der Waals surface area contributed by atoms with Gasteiger partial charge in [0.2, 0.25) is 12.7 Å². The second-order valence-electron chi connectivity index (χ2n) is 7.35. The zero-order valence-corrected chi connectivity index (χ0v) is 16.6. The molecule has 2 aliphatic rings. The van der Waals surface area contributed by atoms with Crippen LogP contribution in [0.2, 0.25) is 0 Å². The Labute approximate surface area is 163 Å². The van der Waals surface area contributed by atoms with Gasteiger partial charge in [-0.3, -0.25) is 4.79 Å². The number of amides is 1. The number of nitrogens with zero attached hydrogens (tertiary/aromatic N) is 2. The van der Waals surface area contributed by atoms with Gasteiger partial charge in [0.1, 0.15) is 5.01 Å². The van der Waals surface area contributed by atoms with Crippen molar-refractivity contribution in [3.8, 4) is 22.1 Å². The van der Waals surface area contributed by atoms with Crippen molar-refractivity contribution >= 4 is 17.2 Å². The van der Waals surface area contributed by atoms with E-state index in [4.69, 9.17) is 14.5 Å². The molecule has 3 heterocycles. The molecule has 0 radical (unpaired) electrons. The fourth-order valence-corrected chi connectivity index (χ4v) is 4.29. The van der Waals surface area contributed by atoms with Crippen molar-refractivity contribution in [3.63, 3.8) is 0 Å². The van der Waals surface area contributed by atoms with E-state index in [9.17, 15) is 4.79 Å². The topological polar surface area (TPSA) is 63.7 Å². The Kier molecular flexibility index (Phi) is 5.31. The Balaban J connectivity index is 1.30. The van der Waals surface area contributed by atoms with Gasteiger partial charge in [-0.05, 0) is 31.0 Å². The summed E-state index contributed by atoms with van der Waals surface area (Å²) in [7, 11) is 0. The minimum Gasteiger partial charge on any atom is -0.454 e. The van der Waals surface area contributed by atoms with E-state index >= 15 is 0 Å². The fraction of sp³-hybridized carbons (Fsp3) is 0.500. The molecule has 0 bridgehead atoms. The first-order chi connectivity index (χ1) is 13.1. The third kappa shape index (κ3) is 4.09. The smallest absolute Gasteiger partial charge is 0.231 e. The van der Waals surface area contributed by atoms with Crippen LogP contribution in [0, 0.1) is 5.92 Å². The summed E-state index contributed by atoms with van der Waals surface area (Å²) in [6.07, 6.45) is 2.00. The average Bonchev–Trinajstić information content (AvgIpc) is 3.34. The molecule has 7 heteroatoms. The fourth-order valence-electron chi connectivity index (χ4n) is 3.47. The van der Waals surface area contributed by atoms with E-state index < -0.39 is 0 Å². The number of aromatic nitrogens is 1. The second-order valence-corrected chi connectivity index (χ2v) is 8.21. The van der Waals surface area contributed by atoms with Crippen LogP contribution in [0.25, 0.3) is 10.6 Å². The lowest BCUT2D eigenvalue weighted by molar-refractivity contribution is -0.135. The predicted octanol–water partition coefficient (Wildman–Crippen LogP) is 3.28. The summed E-state index contributed by atoms with van der Waals surface area (Å²) in [5.41, 5.74) is 2.10. The van der Waals surface area contributed by atoms with E-state index in [0.717, 1.165) is 60.2 Å². The maximum atomic E-state index is 12.1. The molecule has 0 atom stereocenters. The largest absolute Gasteiger partial charge is 0.454 e. The molecule has 1 N–H and O–H groups in total. The first-order valence-electron chi connectivity index (χ1n) is 9.47. The van der Waals surface area contributed by atoms with Crippen molar-refractivity contribution in [2.24, 2.45) is 5.92 Å². The first kappa shape index (κ1) is 18.3. The third-order valence-corrected chi connectivity index (χ3v) is 5.98. The van der Waals surface area contributed by atoms with Gasteiger partial charge in [-0.15, -0.1) is 11.3 Å².